The minimum Gasteiger partial charge on any atom is -0.481 e. The summed E-state index contributed by atoms with van der Waals surface area (Å²) >= 11 is 0. The molecule has 0 unspecified atom stereocenters. The van der Waals surface area contributed by atoms with Crippen molar-refractivity contribution in [3.05, 3.63) is 47.2 Å². The lowest BCUT2D eigenvalue weighted by atomic mass is 10.0. The van der Waals surface area contributed by atoms with Crippen LogP contribution in [0, 0.1) is 0 Å². The molecule has 19 heavy (non-hydrogen) atoms. The third kappa shape index (κ3) is 3.25. The van der Waals surface area contributed by atoms with E-state index < -0.39 is 5.97 Å². The molecule has 0 bridgehead atoms. The van der Waals surface area contributed by atoms with Crippen LogP contribution in [0.3, 0.4) is 0 Å². The van der Waals surface area contributed by atoms with Gasteiger partial charge in [0.05, 0.1) is 0 Å². The third-order valence-corrected chi connectivity index (χ3v) is 3.21. The van der Waals surface area contributed by atoms with Gasteiger partial charge >= 0.3 is 5.97 Å². The fraction of sp³-hybridized carbons (Fsp3) is 0.312. The van der Waals surface area contributed by atoms with Crippen molar-refractivity contribution in [2.45, 2.75) is 33.1 Å². The molecular formula is C16H19NO2. The summed E-state index contributed by atoms with van der Waals surface area (Å²) in [4.78, 5) is 13.9. The first-order chi connectivity index (χ1) is 9.08. The molecule has 0 aliphatic rings. The highest BCUT2D eigenvalue weighted by molar-refractivity contribution is 5.87. The number of carbonyl (C=O) groups is 1. The van der Waals surface area contributed by atoms with E-state index in [2.05, 4.69) is 31.0 Å². The van der Waals surface area contributed by atoms with Gasteiger partial charge < -0.3 is 10.1 Å². The monoisotopic (exact) mass is 257 g/mol. The highest BCUT2D eigenvalue weighted by Gasteiger charge is 2.09. The van der Waals surface area contributed by atoms with Gasteiger partial charge in [0, 0.05) is 23.5 Å². The molecule has 0 radical (unpaired) electrons. The molecule has 0 fully saturated rings. The lowest BCUT2D eigenvalue weighted by Gasteiger charge is -2.04. The number of fused-ring (bicyclic) bond motifs is 1. The zero-order valence-electron chi connectivity index (χ0n) is 11.4. The number of hydrogen-bond acceptors (Lipinski definition) is 1. The Morgan fingerprint density at radius 1 is 1.32 bits per heavy atom. The van der Waals surface area contributed by atoms with Gasteiger partial charge in [0.1, 0.15) is 0 Å². The number of allylic oxidation sites excluding steroid dienone is 2. The van der Waals surface area contributed by atoms with Crippen LogP contribution in [0.5, 0.6) is 0 Å². The molecule has 0 aliphatic carbocycles. The van der Waals surface area contributed by atoms with Gasteiger partial charge in [-0.2, -0.15) is 0 Å². The number of aromatic nitrogens is 1. The Kier molecular flexibility index (Phi) is 4.05. The predicted molar refractivity (Wildman–Crippen MR) is 77.4 cm³/mol. The van der Waals surface area contributed by atoms with Crippen molar-refractivity contribution in [1.82, 2.24) is 4.98 Å². The van der Waals surface area contributed by atoms with Crippen molar-refractivity contribution in [2.24, 2.45) is 0 Å². The summed E-state index contributed by atoms with van der Waals surface area (Å²) in [5, 5.41) is 9.99. The standard InChI is InChI=1S/C16H19NO2/c1-11(2)6-7-12-4-3-5-14-16(12)13(10-17-14)8-9-15(18)19/h3-6,10,17H,7-9H2,1-2H3,(H,18,19). The molecule has 1 aromatic carbocycles. The van der Waals surface area contributed by atoms with E-state index in [1.165, 1.54) is 16.5 Å². The number of carboxylic acid groups (broad SMARTS) is 1. The molecule has 0 amide bonds. The second kappa shape index (κ2) is 5.74. The van der Waals surface area contributed by atoms with Gasteiger partial charge in [0.25, 0.3) is 0 Å². The van der Waals surface area contributed by atoms with E-state index in [1.54, 1.807) is 0 Å². The highest BCUT2D eigenvalue weighted by Crippen LogP contribution is 2.24. The number of H-pyrrole nitrogens is 1. The molecule has 3 heteroatoms. The van der Waals surface area contributed by atoms with E-state index in [-0.39, 0.29) is 6.42 Å². The van der Waals surface area contributed by atoms with Gasteiger partial charge in [-0.15, -0.1) is 0 Å². The average molecular weight is 257 g/mol. The van der Waals surface area contributed by atoms with Gasteiger partial charge in [-0.05, 0) is 43.9 Å². The topological polar surface area (TPSA) is 53.1 Å². The van der Waals surface area contributed by atoms with Crippen LogP contribution in [0.4, 0.5) is 0 Å². The van der Waals surface area contributed by atoms with Crippen LogP contribution in [0.1, 0.15) is 31.4 Å². The number of rotatable bonds is 5. The number of carboxylic acids is 1. The van der Waals surface area contributed by atoms with E-state index in [4.69, 9.17) is 5.11 Å². The molecule has 0 spiro atoms. The second-order valence-electron chi connectivity index (χ2n) is 5.03. The summed E-state index contributed by atoms with van der Waals surface area (Å²) in [5.41, 5.74) is 4.72. The second-order valence-corrected chi connectivity index (χ2v) is 5.03. The summed E-state index contributed by atoms with van der Waals surface area (Å²) in [6, 6.07) is 6.18. The lowest BCUT2D eigenvalue weighted by Crippen LogP contribution is -1.97. The number of nitrogens with one attached hydrogen (secondary N) is 1. The third-order valence-electron chi connectivity index (χ3n) is 3.21. The molecule has 0 saturated heterocycles. The van der Waals surface area contributed by atoms with Crippen LogP contribution in [-0.4, -0.2) is 16.1 Å². The Hall–Kier alpha value is -2.03. The molecule has 0 aliphatic heterocycles. The first-order valence-electron chi connectivity index (χ1n) is 6.51. The Balaban J connectivity index is 2.37. The number of aliphatic carboxylic acids is 1. The maximum Gasteiger partial charge on any atom is 0.303 e. The summed E-state index contributed by atoms with van der Waals surface area (Å²) in [5.74, 6) is -0.754. The molecule has 100 valence electrons. The summed E-state index contributed by atoms with van der Waals surface area (Å²) in [6.07, 6.45) is 5.76. The highest BCUT2D eigenvalue weighted by atomic mass is 16.4. The summed E-state index contributed by atoms with van der Waals surface area (Å²) < 4.78 is 0. The van der Waals surface area contributed by atoms with Gasteiger partial charge in [-0.25, -0.2) is 0 Å². The van der Waals surface area contributed by atoms with Crippen LogP contribution in [-0.2, 0) is 17.6 Å². The normalized spacial score (nSPS) is 10.6. The maximum atomic E-state index is 10.7. The zero-order valence-corrected chi connectivity index (χ0v) is 11.4. The molecule has 2 N–H and O–H groups in total. The number of aryl methyl sites for hydroxylation is 1. The van der Waals surface area contributed by atoms with E-state index in [1.807, 2.05) is 18.3 Å². The largest absolute Gasteiger partial charge is 0.481 e. The first kappa shape index (κ1) is 13.4. The van der Waals surface area contributed by atoms with Gasteiger partial charge in [-0.1, -0.05) is 23.8 Å². The van der Waals surface area contributed by atoms with Crippen LogP contribution in [0.25, 0.3) is 10.9 Å². The average Bonchev–Trinajstić information content (AvgIpc) is 2.77. The Bertz CT molecular complexity index is 619. The fourth-order valence-corrected chi connectivity index (χ4v) is 2.26. The van der Waals surface area contributed by atoms with Crippen LogP contribution < -0.4 is 0 Å². The Morgan fingerprint density at radius 3 is 2.79 bits per heavy atom. The van der Waals surface area contributed by atoms with Crippen molar-refractivity contribution in [1.29, 1.82) is 0 Å². The molecule has 2 aromatic rings. The molecule has 3 nitrogen and oxygen atoms in total. The quantitative estimate of drug-likeness (QED) is 0.802. The van der Waals surface area contributed by atoms with Crippen molar-refractivity contribution < 1.29 is 9.90 Å². The molecule has 0 atom stereocenters. The van der Waals surface area contributed by atoms with Gasteiger partial charge in [0.2, 0.25) is 0 Å². The van der Waals surface area contributed by atoms with Crippen molar-refractivity contribution >= 4 is 16.9 Å². The smallest absolute Gasteiger partial charge is 0.303 e. The number of hydrogen-bond donors (Lipinski definition) is 2. The van der Waals surface area contributed by atoms with E-state index in [9.17, 15) is 4.79 Å². The van der Waals surface area contributed by atoms with Crippen molar-refractivity contribution in [3.63, 3.8) is 0 Å². The maximum absolute atomic E-state index is 10.7. The summed E-state index contributed by atoms with van der Waals surface area (Å²) in [6.45, 7) is 4.17. The summed E-state index contributed by atoms with van der Waals surface area (Å²) in [7, 11) is 0. The lowest BCUT2D eigenvalue weighted by molar-refractivity contribution is -0.136. The molecular weight excluding hydrogens is 238 g/mol. The van der Waals surface area contributed by atoms with Crippen LogP contribution in [0.15, 0.2) is 36.0 Å². The van der Waals surface area contributed by atoms with E-state index >= 15 is 0 Å². The fourth-order valence-electron chi connectivity index (χ4n) is 2.26. The minimum absolute atomic E-state index is 0.171. The minimum atomic E-state index is -0.754. The first-order valence-corrected chi connectivity index (χ1v) is 6.51. The Morgan fingerprint density at radius 2 is 2.11 bits per heavy atom. The molecule has 1 aromatic heterocycles. The van der Waals surface area contributed by atoms with E-state index in [0.717, 1.165) is 17.5 Å². The van der Waals surface area contributed by atoms with Gasteiger partial charge in [0.15, 0.2) is 0 Å². The van der Waals surface area contributed by atoms with Gasteiger partial charge in [-0.3, -0.25) is 4.79 Å². The molecule has 1 heterocycles. The van der Waals surface area contributed by atoms with Crippen molar-refractivity contribution in [3.8, 4) is 0 Å². The van der Waals surface area contributed by atoms with Crippen molar-refractivity contribution in [2.75, 3.05) is 0 Å². The number of benzene rings is 1. The SMILES string of the molecule is CC(C)=CCc1cccc2[nH]cc(CCC(=O)O)c12. The predicted octanol–water partition coefficient (Wildman–Crippen LogP) is 3.69. The Labute approximate surface area is 113 Å². The molecule has 0 saturated carbocycles. The van der Waals surface area contributed by atoms with Crippen LogP contribution in [0.2, 0.25) is 0 Å². The molecule has 2 rings (SSSR count). The van der Waals surface area contributed by atoms with Crippen LogP contribution >= 0.6 is 0 Å². The zero-order chi connectivity index (χ0) is 13.8. The number of aromatic amines is 1. The van der Waals surface area contributed by atoms with E-state index in [0.29, 0.717) is 6.42 Å².